The zero-order chi connectivity index (χ0) is 13.0. The Labute approximate surface area is 106 Å². The van der Waals surface area contributed by atoms with Gasteiger partial charge in [-0.05, 0) is 11.6 Å². The summed E-state index contributed by atoms with van der Waals surface area (Å²) < 4.78 is 13.5. The minimum Gasteiger partial charge on any atom is -0.391 e. The Morgan fingerprint density at radius 1 is 1.00 bits per heavy atom. The first kappa shape index (κ1) is 12.7. The Kier molecular flexibility index (Phi) is 4.07. The van der Waals surface area contributed by atoms with Crippen molar-refractivity contribution in [2.24, 2.45) is 5.73 Å². The molecule has 18 heavy (non-hydrogen) atoms. The van der Waals surface area contributed by atoms with Gasteiger partial charge in [0.2, 0.25) is 0 Å². The number of halogens is 1. The molecule has 0 fully saturated rings. The van der Waals surface area contributed by atoms with Crippen LogP contribution in [0.15, 0.2) is 54.6 Å². The standard InChI is InChI=1S/C15H16FNO/c16-13-9-5-4-8-12(13)15(17)14(18)10-11-6-2-1-3-7-11/h1-9,14-15,18H,10,17H2/t14-,15+/m0/s1. The average molecular weight is 245 g/mol. The number of aliphatic hydroxyl groups is 1. The molecule has 0 radical (unpaired) electrons. The fraction of sp³-hybridized carbons (Fsp3) is 0.200. The highest BCUT2D eigenvalue weighted by molar-refractivity contribution is 5.23. The Hall–Kier alpha value is -1.71. The van der Waals surface area contributed by atoms with Crippen LogP contribution in [0.1, 0.15) is 17.2 Å². The second-order valence-corrected chi connectivity index (χ2v) is 4.30. The van der Waals surface area contributed by atoms with Crippen LogP contribution in [0.25, 0.3) is 0 Å². The van der Waals surface area contributed by atoms with E-state index in [1.54, 1.807) is 18.2 Å². The van der Waals surface area contributed by atoms with Gasteiger partial charge in [0.1, 0.15) is 5.82 Å². The lowest BCUT2D eigenvalue weighted by Crippen LogP contribution is -2.28. The third-order valence-electron chi connectivity index (χ3n) is 2.97. The Bertz CT molecular complexity index is 501. The number of hydrogen-bond acceptors (Lipinski definition) is 2. The normalized spacial score (nSPS) is 14.2. The minimum atomic E-state index is -0.802. The maximum absolute atomic E-state index is 13.5. The van der Waals surface area contributed by atoms with Gasteiger partial charge in [-0.25, -0.2) is 4.39 Å². The summed E-state index contributed by atoms with van der Waals surface area (Å²) in [5.74, 6) is -0.378. The minimum absolute atomic E-state index is 0.348. The highest BCUT2D eigenvalue weighted by Crippen LogP contribution is 2.20. The Balaban J connectivity index is 2.10. The number of aliphatic hydroxyl groups excluding tert-OH is 1. The fourth-order valence-corrected chi connectivity index (χ4v) is 1.94. The molecule has 0 spiro atoms. The van der Waals surface area contributed by atoms with E-state index in [1.165, 1.54) is 6.07 Å². The van der Waals surface area contributed by atoms with Crippen molar-refractivity contribution in [3.8, 4) is 0 Å². The molecule has 0 unspecified atom stereocenters. The molecule has 0 saturated carbocycles. The summed E-state index contributed by atoms with van der Waals surface area (Å²) in [6.07, 6.45) is -0.389. The van der Waals surface area contributed by atoms with Crippen molar-refractivity contribution in [2.45, 2.75) is 18.6 Å². The molecule has 0 saturated heterocycles. The summed E-state index contributed by atoms with van der Waals surface area (Å²) >= 11 is 0. The summed E-state index contributed by atoms with van der Waals surface area (Å²) in [6.45, 7) is 0. The molecule has 2 aromatic rings. The molecule has 0 bridgehead atoms. The zero-order valence-electron chi connectivity index (χ0n) is 9.96. The molecule has 2 nitrogen and oxygen atoms in total. The first-order valence-corrected chi connectivity index (χ1v) is 5.90. The Morgan fingerprint density at radius 2 is 1.61 bits per heavy atom. The highest BCUT2D eigenvalue weighted by atomic mass is 19.1. The van der Waals surface area contributed by atoms with E-state index in [-0.39, 0.29) is 5.82 Å². The van der Waals surface area contributed by atoms with E-state index < -0.39 is 12.1 Å². The molecule has 2 rings (SSSR count). The smallest absolute Gasteiger partial charge is 0.128 e. The van der Waals surface area contributed by atoms with Gasteiger partial charge in [0.25, 0.3) is 0 Å². The largest absolute Gasteiger partial charge is 0.391 e. The van der Waals surface area contributed by atoms with E-state index in [0.717, 1.165) is 5.56 Å². The fourth-order valence-electron chi connectivity index (χ4n) is 1.94. The molecular weight excluding hydrogens is 229 g/mol. The number of benzene rings is 2. The second kappa shape index (κ2) is 5.76. The van der Waals surface area contributed by atoms with Gasteiger partial charge in [-0.1, -0.05) is 48.5 Å². The van der Waals surface area contributed by atoms with Crippen molar-refractivity contribution in [1.82, 2.24) is 0 Å². The summed E-state index contributed by atoms with van der Waals surface area (Å²) in [6, 6.07) is 15.1. The lowest BCUT2D eigenvalue weighted by Gasteiger charge is -2.19. The van der Waals surface area contributed by atoms with Crippen molar-refractivity contribution in [3.05, 3.63) is 71.5 Å². The van der Waals surface area contributed by atoms with Crippen LogP contribution >= 0.6 is 0 Å². The monoisotopic (exact) mass is 245 g/mol. The van der Waals surface area contributed by atoms with Crippen LogP contribution in [-0.2, 0) is 6.42 Å². The zero-order valence-corrected chi connectivity index (χ0v) is 9.96. The third-order valence-corrected chi connectivity index (χ3v) is 2.97. The van der Waals surface area contributed by atoms with E-state index in [0.29, 0.717) is 12.0 Å². The van der Waals surface area contributed by atoms with Crippen LogP contribution in [0.4, 0.5) is 4.39 Å². The number of nitrogens with two attached hydrogens (primary N) is 1. The maximum atomic E-state index is 13.5. The molecule has 2 atom stereocenters. The van der Waals surface area contributed by atoms with Crippen LogP contribution in [0.2, 0.25) is 0 Å². The molecule has 3 heteroatoms. The maximum Gasteiger partial charge on any atom is 0.128 e. The highest BCUT2D eigenvalue weighted by Gasteiger charge is 2.19. The van der Waals surface area contributed by atoms with Crippen LogP contribution < -0.4 is 5.73 Å². The molecular formula is C15H16FNO. The van der Waals surface area contributed by atoms with E-state index in [9.17, 15) is 9.50 Å². The second-order valence-electron chi connectivity index (χ2n) is 4.30. The van der Waals surface area contributed by atoms with Crippen molar-refractivity contribution in [2.75, 3.05) is 0 Å². The quantitative estimate of drug-likeness (QED) is 0.869. The topological polar surface area (TPSA) is 46.2 Å². The third kappa shape index (κ3) is 2.94. The van der Waals surface area contributed by atoms with Crippen LogP contribution in [0.3, 0.4) is 0 Å². The molecule has 94 valence electrons. The van der Waals surface area contributed by atoms with Crippen molar-refractivity contribution < 1.29 is 9.50 Å². The van der Waals surface area contributed by atoms with Crippen molar-refractivity contribution in [3.63, 3.8) is 0 Å². The van der Waals surface area contributed by atoms with Gasteiger partial charge >= 0.3 is 0 Å². The molecule has 0 aliphatic rings. The van der Waals surface area contributed by atoms with Crippen molar-refractivity contribution in [1.29, 1.82) is 0 Å². The lowest BCUT2D eigenvalue weighted by atomic mass is 9.96. The SMILES string of the molecule is N[C@H](c1ccccc1F)[C@@H](O)Cc1ccccc1. The first-order valence-electron chi connectivity index (χ1n) is 5.90. The van der Waals surface area contributed by atoms with Gasteiger partial charge in [-0.15, -0.1) is 0 Å². The van der Waals surface area contributed by atoms with Crippen LogP contribution in [0.5, 0.6) is 0 Å². The summed E-state index contributed by atoms with van der Waals surface area (Å²) in [7, 11) is 0. The van der Waals surface area contributed by atoms with Crippen molar-refractivity contribution >= 4 is 0 Å². The van der Waals surface area contributed by atoms with Gasteiger partial charge in [-0.3, -0.25) is 0 Å². The average Bonchev–Trinajstić information content (AvgIpc) is 2.39. The van der Waals surface area contributed by atoms with Gasteiger partial charge in [-0.2, -0.15) is 0 Å². The predicted octanol–water partition coefficient (Wildman–Crippen LogP) is 2.43. The van der Waals surface area contributed by atoms with Crippen LogP contribution in [-0.4, -0.2) is 11.2 Å². The van der Waals surface area contributed by atoms with Gasteiger partial charge in [0.15, 0.2) is 0 Å². The number of rotatable bonds is 4. The molecule has 0 aliphatic carbocycles. The molecule has 0 amide bonds. The summed E-state index contributed by atoms with van der Waals surface area (Å²) in [5, 5.41) is 10.1. The van der Waals surface area contributed by atoms with Gasteiger partial charge < -0.3 is 10.8 Å². The summed E-state index contributed by atoms with van der Waals surface area (Å²) in [4.78, 5) is 0. The lowest BCUT2D eigenvalue weighted by molar-refractivity contribution is 0.143. The molecule has 2 aromatic carbocycles. The van der Waals surface area contributed by atoms with E-state index >= 15 is 0 Å². The van der Waals surface area contributed by atoms with E-state index in [1.807, 2.05) is 30.3 Å². The molecule has 0 heterocycles. The molecule has 3 N–H and O–H groups in total. The van der Waals surface area contributed by atoms with E-state index in [2.05, 4.69) is 0 Å². The summed E-state index contributed by atoms with van der Waals surface area (Å²) in [5.41, 5.74) is 7.23. The predicted molar refractivity (Wildman–Crippen MR) is 69.5 cm³/mol. The van der Waals surface area contributed by atoms with E-state index in [4.69, 9.17) is 5.73 Å². The first-order chi connectivity index (χ1) is 8.68. The van der Waals surface area contributed by atoms with Gasteiger partial charge in [0.05, 0.1) is 12.1 Å². The van der Waals surface area contributed by atoms with Crippen LogP contribution in [0, 0.1) is 5.82 Å². The number of hydrogen-bond donors (Lipinski definition) is 2. The molecule has 0 aromatic heterocycles. The van der Waals surface area contributed by atoms with Gasteiger partial charge in [0, 0.05) is 12.0 Å². The Morgan fingerprint density at radius 3 is 2.28 bits per heavy atom. The molecule has 0 aliphatic heterocycles.